The highest BCUT2D eigenvalue weighted by atomic mass is 32.7. The Morgan fingerprint density at radius 3 is 2.03 bits per heavy atom. The van der Waals surface area contributed by atoms with Crippen molar-refractivity contribution in [3.05, 3.63) is 107 Å². The lowest BCUT2D eigenvalue weighted by Crippen LogP contribution is -2.35. The average molecular weight is 521 g/mol. The van der Waals surface area contributed by atoms with E-state index in [9.17, 15) is 17.7 Å². The van der Waals surface area contributed by atoms with Crippen molar-refractivity contribution in [3.8, 4) is 5.75 Å². The van der Waals surface area contributed by atoms with Gasteiger partial charge in [0.1, 0.15) is 5.75 Å². The topological polar surface area (TPSA) is 44.8 Å². The zero-order chi connectivity index (χ0) is 25.1. The van der Waals surface area contributed by atoms with Crippen LogP contribution in [0.2, 0.25) is 0 Å². The van der Waals surface area contributed by atoms with Gasteiger partial charge in [-0.05, 0) is 49.5 Å². The number of alkyl halides is 3. The van der Waals surface area contributed by atoms with Crippen LogP contribution < -0.4 is 4.74 Å². The van der Waals surface area contributed by atoms with E-state index in [1.54, 1.807) is 32.1 Å². The van der Waals surface area contributed by atoms with Gasteiger partial charge in [0.15, 0.2) is 5.60 Å². The lowest BCUT2D eigenvalue weighted by atomic mass is 9.83. The van der Waals surface area contributed by atoms with Crippen molar-refractivity contribution in [1.29, 1.82) is 0 Å². The number of ether oxygens (including phenoxy) is 1. The quantitative estimate of drug-likeness (QED) is 0.280. The number of rotatable bonds is 8. The Hall–Kier alpha value is -2.51. The minimum absolute atomic E-state index is 0.193. The van der Waals surface area contributed by atoms with Crippen LogP contribution in [0.15, 0.2) is 84.9 Å². The second-order valence-electron chi connectivity index (χ2n) is 7.66. The summed E-state index contributed by atoms with van der Waals surface area (Å²) < 4.78 is 70.8. The molecule has 0 amide bonds. The molecule has 184 valence electrons. The van der Waals surface area contributed by atoms with Gasteiger partial charge in [-0.25, -0.2) is 4.57 Å². The van der Waals surface area contributed by atoms with Crippen LogP contribution in [-0.4, -0.2) is 13.2 Å². The van der Waals surface area contributed by atoms with Crippen LogP contribution in [0.1, 0.15) is 36.1 Å². The van der Waals surface area contributed by atoms with Gasteiger partial charge in [-0.3, -0.25) is 0 Å². The van der Waals surface area contributed by atoms with E-state index in [-0.39, 0.29) is 13.2 Å². The van der Waals surface area contributed by atoms with E-state index in [4.69, 9.17) is 13.8 Å². The summed E-state index contributed by atoms with van der Waals surface area (Å²) in [6.45, 7) is 0.279. The number of hydrogen-bond acceptors (Lipinski definition) is 5. The zero-order valence-corrected chi connectivity index (χ0v) is 20.8. The molecule has 1 unspecified atom stereocenters. The lowest BCUT2D eigenvalue weighted by Gasteiger charge is -2.38. The van der Waals surface area contributed by atoms with Crippen molar-refractivity contribution in [2.45, 2.75) is 25.6 Å². The molecular weight excluding hydrogens is 496 g/mol. The molecule has 0 saturated carbocycles. The fraction of sp³-hybridized carbons (Fsp3) is 0.231. The van der Waals surface area contributed by atoms with Gasteiger partial charge in [0.2, 0.25) is 0 Å². The number of para-hydroxylation sites is 1. The van der Waals surface area contributed by atoms with Crippen molar-refractivity contribution < 1.29 is 31.5 Å². The lowest BCUT2D eigenvalue weighted by molar-refractivity contribution is -0.137. The first kappa shape index (κ1) is 25.6. The van der Waals surface area contributed by atoms with Gasteiger partial charge in [-0.1, -0.05) is 60.7 Å². The standard InChI is InChI=1S/C26H24F3O4PS/c1-3-31-34(30,32-4-2)35-24-18-25(19-10-6-5-7-11-19,33-23-13-9-8-12-22(23)24)20-14-16-21(17-15-20)26(27,28)29/h5-18H,3-4H2,1-2H3. The average Bonchev–Trinajstić information content (AvgIpc) is 2.84. The largest absolute Gasteiger partial charge is 0.473 e. The molecule has 0 bridgehead atoms. The SMILES string of the molecule is CCOP(=O)(OCC)SC1=CC(c2ccccc2)(c2ccc(C(F)(F)F)cc2)Oc2ccccc21. The van der Waals surface area contributed by atoms with Crippen molar-refractivity contribution in [3.63, 3.8) is 0 Å². The molecule has 3 aromatic rings. The van der Waals surface area contributed by atoms with Crippen LogP contribution >= 0.6 is 18.2 Å². The molecule has 0 N–H and O–H groups in total. The van der Waals surface area contributed by atoms with Crippen LogP contribution in [0.3, 0.4) is 0 Å². The van der Waals surface area contributed by atoms with Gasteiger partial charge in [0, 0.05) is 21.6 Å². The van der Waals surface area contributed by atoms with Crippen molar-refractivity contribution >= 4 is 23.1 Å². The fourth-order valence-electron chi connectivity index (χ4n) is 3.87. The van der Waals surface area contributed by atoms with E-state index in [0.717, 1.165) is 23.5 Å². The molecule has 1 atom stereocenters. The summed E-state index contributed by atoms with van der Waals surface area (Å²) in [4.78, 5) is 0.584. The van der Waals surface area contributed by atoms with Gasteiger partial charge in [0.25, 0.3) is 0 Å². The molecule has 0 fully saturated rings. The first-order valence-electron chi connectivity index (χ1n) is 11.0. The smallest absolute Gasteiger partial charge is 0.416 e. The second kappa shape index (κ2) is 10.2. The first-order chi connectivity index (χ1) is 16.7. The summed E-state index contributed by atoms with van der Waals surface area (Å²) in [5.74, 6) is 0.501. The Morgan fingerprint density at radius 1 is 0.857 bits per heavy atom. The van der Waals surface area contributed by atoms with Crippen LogP contribution in [0.5, 0.6) is 5.75 Å². The molecule has 1 aliphatic rings. The monoisotopic (exact) mass is 520 g/mol. The fourth-order valence-corrected chi connectivity index (χ4v) is 7.53. The zero-order valence-electron chi connectivity index (χ0n) is 19.1. The summed E-state index contributed by atoms with van der Waals surface area (Å²) in [6, 6.07) is 21.3. The summed E-state index contributed by atoms with van der Waals surface area (Å²) in [6.07, 6.45) is -2.68. The minimum Gasteiger partial charge on any atom is -0.473 e. The number of halogens is 3. The van der Waals surface area contributed by atoms with Crippen LogP contribution in [-0.2, 0) is 25.4 Å². The summed E-state index contributed by atoms with van der Waals surface area (Å²) in [5.41, 5.74) is -0.139. The third-order valence-corrected chi connectivity index (χ3v) is 9.19. The highest BCUT2D eigenvalue weighted by Gasteiger charge is 2.42. The summed E-state index contributed by atoms with van der Waals surface area (Å²) >= 11 is 0.971. The molecule has 1 heterocycles. The van der Waals surface area contributed by atoms with Crippen molar-refractivity contribution in [1.82, 2.24) is 0 Å². The molecular formula is C26H24F3O4PS. The van der Waals surface area contributed by atoms with E-state index in [0.29, 0.717) is 27.3 Å². The number of hydrogen-bond donors (Lipinski definition) is 0. The van der Waals surface area contributed by atoms with Crippen LogP contribution in [0.25, 0.3) is 4.91 Å². The number of fused-ring (bicyclic) bond motifs is 1. The molecule has 0 aromatic heterocycles. The maximum absolute atomic E-state index is 13.4. The van der Waals surface area contributed by atoms with Crippen molar-refractivity contribution in [2.75, 3.05) is 13.2 Å². The van der Waals surface area contributed by atoms with Gasteiger partial charge < -0.3 is 13.8 Å². The predicted molar refractivity (Wildman–Crippen MR) is 132 cm³/mol. The van der Waals surface area contributed by atoms with E-state index in [1.165, 1.54) is 12.1 Å². The highest BCUT2D eigenvalue weighted by molar-refractivity contribution is 8.59. The van der Waals surface area contributed by atoms with Gasteiger partial charge in [-0.15, -0.1) is 0 Å². The molecule has 0 spiro atoms. The normalized spacial score (nSPS) is 17.9. The first-order valence-corrected chi connectivity index (χ1v) is 14.0. The maximum Gasteiger partial charge on any atom is 0.416 e. The Bertz CT molecular complexity index is 1240. The van der Waals surface area contributed by atoms with Crippen molar-refractivity contribution in [2.24, 2.45) is 0 Å². The highest BCUT2D eigenvalue weighted by Crippen LogP contribution is 2.67. The Kier molecular flexibility index (Phi) is 7.48. The van der Waals surface area contributed by atoms with E-state index in [2.05, 4.69) is 0 Å². The third kappa shape index (κ3) is 5.36. The second-order valence-corrected chi connectivity index (χ2v) is 11.6. The van der Waals surface area contributed by atoms with Crippen LogP contribution in [0.4, 0.5) is 13.2 Å². The number of benzene rings is 3. The third-order valence-electron chi connectivity index (χ3n) is 5.39. The molecule has 3 aromatic carbocycles. The molecule has 4 nitrogen and oxygen atoms in total. The van der Waals surface area contributed by atoms with E-state index >= 15 is 0 Å². The molecule has 0 radical (unpaired) electrons. The molecule has 0 aliphatic carbocycles. The van der Waals surface area contributed by atoms with E-state index < -0.39 is 24.1 Å². The minimum atomic E-state index is -4.46. The van der Waals surface area contributed by atoms with Gasteiger partial charge in [0.05, 0.1) is 18.8 Å². The molecule has 35 heavy (non-hydrogen) atoms. The summed E-state index contributed by atoms with van der Waals surface area (Å²) in [7, 11) is 0. The predicted octanol–water partition coefficient (Wildman–Crippen LogP) is 8.30. The molecule has 4 rings (SSSR count). The summed E-state index contributed by atoms with van der Waals surface area (Å²) in [5, 5.41) is 0. The molecule has 9 heteroatoms. The van der Waals surface area contributed by atoms with Crippen LogP contribution in [0, 0.1) is 0 Å². The molecule has 0 saturated heterocycles. The molecule has 1 aliphatic heterocycles. The Balaban J connectivity index is 1.92. The van der Waals surface area contributed by atoms with Gasteiger partial charge >= 0.3 is 13.0 Å². The van der Waals surface area contributed by atoms with Gasteiger partial charge in [-0.2, -0.15) is 13.2 Å². The Labute approximate surface area is 206 Å². The Morgan fingerprint density at radius 2 is 1.43 bits per heavy atom. The maximum atomic E-state index is 13.4. The van der Waals surface area contributed by atoms with E-state index in [1.807, 2.05) is 42.5 Å².